The van der Waals surface area contributed by atoms with Crippen LogP contribution < -0.4 is 0 Å². The Bertz CT molecular complexity index is 542. The summed E-state index contributed by atoms with van der Waals surface area (Å²) >= 11 is 1.14. The van der Waals surface area contributed by atoms with Gasteiger partial charge in [-0.15, -0.1) is 5.10 Å². The van der Waals surface area contributed by atoms with E-state index < -0.39 is 0 Å². The first kappa shape index (κ1) is 12.5. The van der Waals surface area contributed by atoms with Gasteiger partial charge in [-0.05, 0) is 24.5 Å². The molecule has 18 heavy (non-hydrogen) atoms. The molecule has 0 saturated heterocycles. The minimum Gasteiger partial charge on any atom is -0.508 e. The third-order valence-corrected chi connectivity index (χ3v) is 3.37. The normalized spacial score (nSPS) is 12.1. The lowest BCUT2D eigenvalue weighted by atomic mass is 10.1. The van der Waals surface area contributed by atoms with Gasteiger partial charge >= 0.3 is 0 Å². The molecule has 1 amide bonds. The molecule has 1 atom stereocenters. The van der Waals surface area contributed by atoms with E-state index in [1.54, 1.807) is 30.6 Å². The van der Waals surface area contributed by atoms with E-state index in [4.69, 9.17) is 0 Å². The molecule has 2 aromatic rings. The number of hydrogen-bond donors (Lipinski definition) is 1. The van der Waals surface area contributed by atoms with Crippen LogP contribution in [0.2, 0.25) is 0 Å². The first-order valence-electron chi connectivity index (χ1n) is 5.43. The number of aromatic nitrogens is 2. The van der Waals surface area contributed by atoms with Gasteiger partial charge in [0.2, 0.25) is 0 Å². The van der Waals surface area contributed by atoms with Crippen molar-refractivity contribution in [2.24, 2.45) is 0 Å². The van der Waals surface area contributed by atoms with Crippen LogP contribution in [-0.4, -0.2) is 32.5 Å². The number of aromatic hydroxyl groups is 1. The first-order valence-corrected chi connectivity index (χ1v) is 6.27. The van der Waals surface area contributed by atoms with Crippen LogP contribution >= 0.6 is 11.5 Å². The maximum Gasteiger partial charge on any atom is 0.275 e. The lowest BCUT2D eigenvalue weighted by molar-refractivity contribution is 0.0735. The smallest absolute Gasteiger partial charge is 0.275 e. The molecule has 0 aliphatic rings. The standard InChI is InChI=1S/C12H13N3O2S/c1-8(9-5-3-4-6-11(9)16)15(2)12(17)10-7-18-14-13-10/h3-8,16H,1-2H3. The van der Waals surface area contributed by atoms with Gasteiger partial charge in [0.15, 0.2) is 5.69 Å². The van der Waals surface area contributed by atoms with Crippen LogP contribution in [0, 0.1) is 0 Å². The Hall–Kier alpha value is -1.95. The highest BCUT2D eigenvalue weighted by Crippen LogP contribution is 2.27. The molecule has 1 aromatic carbocycles. The van der Waals surface area contributed by atoms with Gasteiger partial charge in [-0.25, -0.2) is 0 Å². The van der Waals surface area contributed by atoms with Crippen LogP contribution in [0.5, 0.6) is 5.75 Å². The third kappa shape index (κ3) is 2.33. The number of rotatable bonds is 3. The minimum atomic E-state index is -0.236. The van der Waals surface area contributed by atoms with Crippen LogP contribution in [0.4, 0.5) is 0 Å². The zero-order valence-electron chi connectivity index (χ0n) is 10.1. The van der Waals surface area contributed by atoms with E-state index >= 15 is 0 Å². The molecule has 6 heteroatoms. The second kappa shape index (κ2) is 5.14. The Balaban J connectivity index is 2.22. The van der Waals surface area contributed by atoms with Crippen LogP contribution in [0.3, 0.4) is 0 Å². The molecule has 1 N–H and O–H groups in total. The number of benzene rings is 1. The van der Waals surface area contributed by atoms with Crippen molar-refractivity contribution in [3.8, 4) is 5.75 Å². The molecule has 0 aliphatic carbocycles. The fourth-order valence-corrected chi connectivity index (χ4v) is 2.09. The van der Waals surface area contributed by atoms with Gasteiger partial charge in [-0.1, -0.05) is 22.7 Å². The average molecular weight is 263 g/mol. The van der Waals surface area contributed by atoms with Crippen molar-refractivity contribution in [2.75, 3.05) is 7.05 Å². The zero-order valence-corrected chi connectivity index (χ0v) is 10.9. The monoisotopic (exact) mass is 263 g/mol. The highest BCUT2D eigenvalue weighted by atomic mass is 32.1. The van der Waals surface area contributed by atoms with Crippen molar-refractivity contribution < 1.29 is 9.90 Å². The number of phenols is 1. The molecule has 1 heterocycles. The maximum absolute atomic E-state index is 12.1. The first-order chi connectivity index (χ1) is 8.61. The lowest BCUT2D eigenvalue weighted by Crippen LogP contribution is -2.30. The van der Waals surface area contributed by atoms with Crippen molar-refractivity contribution >= 4 is 17.4 Å². The van der Waals surface area contributed by atoms with E-state index in [1.807, 2.05) is 13.0 Å². The van der Waals surface area contributed by atoms with Crippen molar-refractivity contribution in [1.29, 1.82) is 0 Å². The Morgan fingerprint density at radius 3 is 2.78 bits per heavy atom. The van der Waals surface area contributed by atoms with Crippen molar-refractivity contribution in [1.82, 2.24) is 14.5 Å². The van der Waals surface area contributed by atoms with E-state index in [2.05, 4.69) is 9.59 Å². The van der Waals surface area contributed by atoms with E-state index in [0.29, 0.717) is 11.3 Å². The molecule has 2 rings (SSSR count). The maximum atomic E-state index is 12.1. The molecule has 0 saturated carbocycles. The highest BCUT2D eigenvalue weighted by Gasteiger charge is 2.22. The van der Waals surface area contributed by atoms with Gasteiger partial charge in [-0.2, -0.15) is 0 Å². The summed E-state index contributed by atoms with van der Waals surface area (Å²) in [5.41, 5.74) is 1.03. The Kier molecular flexibility index (Phi) is 3.57. The molecule has 0 radical (unpaired) electrons. The largest absolute Gasteiger partial charge is 0.508 e. The molecule has 94 valence electrons. The molecular formula is C12H13N3O2S. The molecule has 1 aromatic heterocycles. The van der Waals surface area contributed by atoms with Crippen molar-refractivity contribution in [3.05, 3.63) is 40.9 Å². The molecule has 0 aliphatic heterocycles. The number of phenolic OH excluding ortho intramolecular Hbond substituents is 1. The molecule has 5 nitrogen and oxygen atoms in total. The van der Waals surface area contributed by atoms with Crippen molar-refractivity contribution in [2.45, 2.75) is 13.0 Å². The number of carbonyl (C=O) groups excluding carboxylic acids is 1. The summed E-state index contributed by atoms with van der Waals surface area (Å²) < 4.78 is 3.67. The number of hydrogen-bond acceptors (Lipinski definition) is 5. The summed E-state index contributed by atoms with van der Waals surface area (Å²) in [6.07, 6.45) is 0. The SMILES string of the molecule is CC(c1ccccc1O)N(C)C(=O)c1csnn1. The van der Waals surface area contributed by atoms with Crippen molar-refractivity contribution in [3.63, 3.8) is 0 Å². The van der Waals surface area contributed by atoms with Gasteiger partial charge < -0.3 is 10.0 Å². The Morgan fingerprint density at radius 2 is 2.17 bits per heavy atom. The average Bonchev–Trinajstić information content (AvgIpc) is 2.90. The lowest BCUT2D eigenvalue weighted by Gasteiger charge is -2.24. The van der Waals surface area contributed by atoms with Crippen LogP contribution in [-0.2, 0) is 0 Å². The molecule has 0 spiro atoms. The quantitative estimate of drug-likeness (QED) is 0.920. The second-order valence-electron chi connectivity index (χ2n) is 3.94. The van der Waals surface area contributed by atoms with E-state index in [9.17, 15) is 9.90 Å². The topological polar surface area (TPSA) is 66.3 Å². The molecule has 0 fully saturated rings. The Labute approximate surface area is 109 Å². The number of carbonyl (C=O) groups is 1. The predicted octanol–water partition coefficient (Wildman–Crippen LogP) is 2.08. The zero-order chi connectivity index (χ0) is 13.1. The molecule has 1 unspecified atom stereocenters. The van der Waals surface area contributed by atoms with Gasteiger partial charge in [-0.3, -0.25) is 4.79 Å². The third-order valence-electron chi connectivity index (χ3n) is 2.87. The summed E-state index contributed by atoms with van der Waals surface area (Å²) in [4.78, 5) is 13.6. The fraction of sp³-hybridized carbons (Fsp3) is 0.250. The van der Waals surface area contributed by atoms with Gasteiger partial charge in [0.1, 0.15) is 5.75 Å². The number of nitrogens with zero attached hydrogens (tertiary/aromatic N) is 3. The van der Waals surface area contributed by atoms with E-state index in [1.165, 1.54) is 4.90 Å². The summed E-state index contributed by atoms with van der Waals surface area (Å²) in [6.45, 7) is 1.85. The predicted molar refractivity (Wildman–Crippen MR) is 68.5 cm³/mol. The van der Waals surface area contributed by atoms with Gasteiger partial charge in [0, 0.05) is 18.0 Å². The minimum absolute atomic E-state index is 0.182. The summed E-state index contributed by atoms with van der Waals surface area (Å²) in [7, 11) is 1.68. The fourth-order valence-electron chi connectivity index (χ4n) is 1.66. The highest BCUT2D eigenvalue weighted by molar-refractivity contribution is 7.03. The second-order valence-corrected chi connectivity index (χ2v) is 4.55. The van der Waals surface area contributed by atoms with Gasteiger partial charge in [0.05, 0.1) is 6.04 Å². The summed E-state index contributed by atoms with van der Waals surface area (Å²) in [6, 6.07) is 6.74. The van der Waals surface area contributed by atoms with Crippen LogP contribution in [0.15, 0.2) is 29.6 Å². The Morgan fingerprint density at radius 1 is 1.44 bits per heavy atom. The van der Waals surface area contributed by atoms with E-state index in [-0.39, 0.29) is 17.7 Å². The number of amides is 1. The summed E-state index contributed by atoms with van der Waals surface area (Å²) in [5, 5.41) is 15.1. The summed E-state index contributed by atoms with van der Waals surface area (Å²) in [5.74, 6) is -0.0273. The van der Waals surface area contributed by atoms with Crippen LogP contribution in [0.25, 0.3) is 0 Å². The molecular weight excluding hydrogens is 250 g/mol. The molecule has 0 bridgehead atoms. The van der Waals surface area contributed by atoms with Gasteiger partial charge in [0.25, 0.3) is 5.91 Å². The number of para-hydroxylation sites is 1. The van der Waals surface area contributed by atoms with Crippen LogP contribution in [0.1, 0.15) is 29.0 Å². The van der Waals surface area contributed by atoms with E-state index in [0.717, 1.165) is 11.5 Å².